The number of carbonyl (C=O) groups is 1. The third kappa shape index (κ3) is 5.06. The van der Waals surface area contributed by atoms with E-state index in [4.69, 9.17) is 14.5 Å². The lowest BCUT2D eigenvalue weighted by Gasteiger charge is -2.20. The van der Waals surface area contributed by atoms with Crippen LogP contribution in [0.25, 0.3) is 10.2 Å². The minimum atomic E-state index is -0.0324. The number of ether oxygens (including phenoxy) is 2. The van der Waals surface area contributed by atoms with Crippen LogP contribution in [0, 0.1) is 0 Å². The summed E-state index contributed by atoms with van der Waals surface area (Å²) in [5, 5.41) is 0.645. The highest BCUT2D eigenvalue weighted by Crippen LogP contribution is 2.35. The fourth-order valence-electron chi connectivity index (χ4n) is 3.38. The van der Waals surface area contributed by atoms with Gasteiger partial charge in [0.05, 0.1) is 30.9 Å². The molecule has 2 aromatic carbocycles. The van der Waals surface area contributed by atoms with E-state index >= 15 is 0 Å². The van der Waals surface area contributed by atoms with Gasteiger partial charge in [-0.1, -0.05) is 35.6 Å². The van der Waals surface area contributed by atoms with Gasteiger partial charge in [-0.2, -0.15) is 0 Å². The summed E-state index contributed by atoms with van der Waals surface area (Å²) in [7, 11) is 0. The monoisotopic (exact) mass is 447 g/mol. The quantitative estimate of drug-likeness (QED) is 0.350. The number of para-hydroxylation sites is 1. The molecule has 0 saturated carbocycles. The van der Waals surface area contributed by atoms with Crippen LogP contribution >= 0.6 is 11.3 Å². The van der Waals surface area contributed by atoms with Crippen LogP contribution < -0.4 is 14.4 Å². The molecule has 0 radical (unpaired) electrons. The van der Waals surface area contributed by atoms with Crippen molar-refractivity contribution < 1.29 is 14.3 Å². The van der Waals surface area contributed by atoms with Crippen molar-refractivity contribution in [2.45, 2.75) is 26.8 Å². The van der Waals surface area contributed by atoms with Crippen LogP contribution in [0.4, 0.5) is 5.13 Å². The van der Waals surface area contributed by atoms with Crippen molar-refractivity contribution in [3.63, 3.8) is 0 Å². The molecule has 1 amide bonds. The summed E-state index contributed by atoms with van der Waals surface area (Å²) in [4.78, 5) is 24.1. The maximum Gasteiger partial charge on any atom is 0.233 e. The zero-order valence-corrected chi connectivity index (χ0v) is 19.0. The molecule has 0 bridgehead atoms. The fourth-order valence-corrected chi connectivity index (χ4v) is 4.38. The first kappa shape index (κ1) is 21.8. The third-order valence-corrected chi connectivity index (χ3v) is 5.90. The summed E-state index contributed by atoms with van der Waals surface area (Å²) in [5.41, 5.74) is 2.64. The predicted octanol–water partition coefficient (Wildman–Crippen LogP) is 5.26. The first-order valence-electron chi connectivity index (χ1n) is 10.6. The molecule has 4 aromatic rings. The molecular formula is C25H25N3O3S. The molecule has 0 spiro atoms. The average molecular weight is 448 g/mol. The van der Waals surface area contributed by atoms with Crippen LogP contribution in [0.15, 0.2) is 67.0 Å². The second kappa shape index (κ2) is 10.2. The molecule has 0 aliphatic carbocycles. The summed E-state index contributed by atoms with van der Waals surface area (Å²) in [6.45, 7) is 5.46. The zero-order chi connectivity index (χ0) is 22.3. The van der Waals surface area contributed by atoms with Gasteiger partial charge in [0, 0.05) is 12.4 Å². The Kier molecular flexibility index (Phi) is 6.97. The summed E-state index contributed by atoms with van der Waals surface area (Å²) in [6.07, 6.45) is 3.76. The smallest absolute Gasteiger partial charge is 0.233 e. The van der Waals surface area contributed by atoms with Crippen molar-refractivity contribution in [2.24, 2.45) is 0 Å². The Labute approximate surface area is 191 Å². The molecule has 0 N–H and O–H groups in total. The van der Waals surface area contributed by atoms with Crippen LogP contribution in [0.3, 0.4) is 0 Å². The third-order valence-electron chi connectivity index (χ3n) is 4.86. The Bertz CT molecular complexity index is 1180. The van der Waals surface area contributed by atoms with Crippen molar-refractivity contribution in [2.75, 3.05) is 18.1 Å². The van der Waals surface area contributed by atoms with E-state index in [0.717, 1.165) is 32.8 Å². The maximum atomic E-state index is 13.4. The standard InChI is InChI=1S/C25H25N3O3S/c1-3-30-20-12-10-18(11-13-20)15-23(29)28(17-19-7-6-14-26-16-19)25-27-24-21(31-4-2)8-5-9-22(24)32-25/h5-14,16H,3-4,15,17H2,1-2H3. The first-order valence-corrected chi connectivity index (χ1v) is 11.4. The molecule has 7 heteroatoms. The van der Waals surface area contributed by atoms with Gasteiger partial charge in [0.25, 0.3) is 0 Å². The highest BCUT2D eigenvalue weighted by Gasteiger charge is 2.22. The number of anilines is 1. The first-order chi connectivity index (χ1) is 15.7. The normalized spacial score (nSPS) is 10.8. The zero-order valence-electron chi connectivity index (χ0n) is 18.2. The molecule has 0 aliphatic rings. The van der Waals surface area contributed by atoms with Gasteiger partial charge in [-0.05, 0) is 55.3 Å². The molecule has 32 heavy (non-hydrogen) atoms. The number of nitrogens with zero attached hydrogens (tertiary/aromatic N) is 3. The molecule has 0 fully saturated rings. The lowest BCUT2D eigenvalue weighted by atomic mass is 10.1. The topological polar surface area (TPSA) is 64.5 Å². The number of hydrogen-bond acceptors (Lipinski definition) is 6. The van der Waals surface area contributed by atoms with Crippen molar-refractivity contribution in [3.05, 3.63) is 78.1 Å². The van der Waals surface area contributed by atoms with Crippen molar-refractivity contribution in [3.8, 4) is 11.5 Å². The van der Waals surface area contributed by atoms with Gasteiger partial charge >= 0.3 is 0 Å². The van der Waals surface area contributed by atoms with Gasteiger partial charge in [-0.15, -0.1) is 0 Å². The van der Waals surface area contributed by atoms with Crippen molar-refractivity contribution in [1.82, 2.24) is 9.97 Å². The number of thiazole rings is 1. The van der Waals surface area contributed by atoms with E-state index in [-0.39, 0.29) is 12.3 Å². The van der Waals surface area contributed by atoms with Crippen molar-refractivity contribution in [1.29, 1.82) is 0 Å². The molecule has 6 nitrogen and oxygen atoms in total. The van der Waals surface area contributed by atoms with E-state index in [0.29, 0.717) is 24.9 Å². The van der Waals surface area contributed by atoms with Crippen LogP contribution in [0.1, 0.15) is 25.0 Å². The molecule has 164 valence electrons. The highest BCUT2D eigenvalue weighted by atomic mass is 32.1. The average Bonchev–Trinajstić information content (AvgIpc) is 3.25. The SMILES string of the molecule is CCOc1ccc(CC(=O)N(Cc2cccnc2)c2nc3c(OCC)cccc3s2)cc1. The summed E-state index contributed by atoms with van der Waals surface area (Å²) in [5.74, 6) is 1.49. The Morgan fingerprint density at radius 2 is 1.78 bits per heavy atom. The lowest BCUT2D eigenvalue weighted by Crippen LogP contribution is -2.31. The van der Waals surface area contributed by atoms with Gasteiger partial charge in [0.15, 0.2) is 5.13 Å². The Morgan fingerprint density at radius 3 is 2.50 bits per heavy atom. The number of benzene rings is 2. The Balaban J connectivity index is 1.64. The molecule has 0 saturated heterocycles. The number of amides is 1. The Hall–Kier alpha value is -3.45. The number of aromatic nitrogens is 2. The number of rotatable bonds is 9. The van der Waals surface area contributed by atoms with E-state index in [1.807, 2.05) is 68.4 Å². The molecule has 4 rings (SSSR count). The predicted molar refractivity (Wildman–Crippen MR) is 128 cm³/mol. The number of hydrogen-bond donors (Lipinski definition) is 0. The second-order valence-electron chi connectivity index (χ2n) is 7.13. The largest absolute Gasteiger partial charge is 0.494 e. The van der Waals surface area contributed by atoms with Crippen LogP contribution in [0.5, 0.6) is 11.5 Å². The van der Waals surface area contributed by atoms with Gasteiger partial charge in [-0.3, -0.25) is 14.7 Å². The number of carbonyl (C=O) groups excluding carboxylic acids is 1. The van der Waals surface area contributed by atoms with Gasteiger partial charge < -0.3 is 9.47 Å². The lowest BCUT2D eigenvalue weighted by molar-refractivity contribution is -0.118. The van der Waals surface area contributed by atoms with Gasteiger partial charge in [0.2, 0.25) is 5.91 Å². The van der Waals surface area contributed by atoms with E-state index < -0.39 is 0 Å². The Morgan fingerprint density at radius 1 is 0.969 bits per heavy atom. The minimum absolute atomic E-state index is 0.0324. The molecule has 2 heterocycles. The number of pyridine rings is 1. The maximum absolute atomic E-state index is 13.4. The molecule has 2 aromatic heterocycles. The second-order valence-corrected chi connectivity index (χ2v) is 8.14. The molecule has 0 aliphatic heterocycles. The van der Waals surface area contributed by atoms with Crippen molar-refractivity contribution >= 4 is 32.6 Å². The minimum Gasteiger partial charge on any atom is -0.494 e. The van der Waals surface area contributed by atoms with E-state index in [9.17, 15) is 4.79 Å². The molecular weight excluding hydrogens is 422 g/mol. The molecule has 0 atom stereocenters. The molecule has 0 unspecified atom stereocenters. The highest BCUT2D eigenvalue weighted by molar-refractivity contribution is 7.22. The number of fused-ring (bicyclic) bond motifs is 1. The van der Waals surface area contributed by atoms with Crippen LogP contribution in [0.2, 0.25) is 0 Å². The van der Waals surface area contributed by atoms with E-state index in [1.54, 1.807) is 17.3 Å². The fraction of sp³-hybridized carbons (Fsp3) is 0.240. The van der Waals surface area contributed by atoms with Gasteiger partial charge in [0.1, 0.15) is 17.0 Å². The summed E-state index contributed by atoms with van der Waals surface area (Å²) < 4.78 is 12.2. The van der Waals surface area contributed by atoms with E-state index in [2.05, 4.69) is 4.98 Å². The summed E-state index contributed by atoms with van der Waals surface area (Å²) in [6, 6.07) is 17.3. The van der Waals surface area contributed by atoms with Crippen LogP contribution in [-0.2, 0) is 17.8 Å². The van der Waals surface area contributed by atoms with E-state index in [1.165, 1.54) is 11.3 Å². The summed E-state index contributed by atoms with van der Waals surface area (Å²) >= 11 is 1.49. The van der Waals surface area contributed by atoms with Crippen LogP contribution in [-0.4, -0.2) is 29.1 Å². The van der Waals surface area contributed by atoms with Gasteiger partial charge in [-0.25, -0.2) is 4.98 Å².